The molecule has 0 N–H and O–H groups in total. The lowest BCUT2D eigenvalue weighted by atomic mass is 9.90. The number of hydrogen-bond donors (Lipinski definition) is 0. The van der Waals surface area contributed by atoms with Crippen molar-refractivity contribution in [2.24, 2.45) is 0 Å². The molecule has 2 amide bonds. The standard InChI is InChI=1S/C23H19BrF3N3O2/c1-14-20(15(2)31)21(17-8-6-16(13-28)7-9-17)29(11-10-24)22(32)30(14)19-5-3-4-18(12-19)23(25,26)27/h3-9,12,21H,10-11H2,1-2H3. The average Bonchev–Trinajstić information content (AvgIpc) is 2.75. The molecule has 9 heteroatoms. The summed E-state index contributed by atoms with van der Waals surface area (Å²) in [6, 6.07) is 11.8. The number of carbonyl (C=O) groups is 2. The second-order valence-electron chi connectivity index (χ2n) is 7.24. The second kappa shape index (κ2) is 9.17. The van der Waals surface area contributed by atoms with E-state index in [-0.39, 0.29) is 23.7 Å². The summed E-state index contributed by atoms with van der Waals surface area (Å²) in [7, 11) is 0. The van der Waals surface area contributed by atoms with Gasteiger partial charge < -0.3 is 4.90 Å². The third-order valence-corrected chi connectivity index (χ3v) is 5.59. The molecule has 1 aliphatic rings. The van der Waals surface area contributed by atoms with E-state index < -0.39 is 23.8 Å². The quantitative estimate of drug-likeness (QED) is 0.481. The van der Waals surface area contributed by atoms with Crippen LogP contribution >= 0.6 is 15.9 Å². The van der Waals surface area contributed by atoms with Gasteiger partial charge in [0.25, 0.3) is 0 Å². The van der Waals surface area contributed by atoms with Crippen molar-refractivity contribution in [3.05, 3.63) is 76.5 Å². The molecule has 0 bridgehead atoms. The maximum Gasteiger partial charge on any atom is 0.416 e. The highest BCUT2D eigenvalue weighted by Gasteiger charge is 2.41. The SMILES string of the molecule is CC(=O)C1=C(C)N(c2cccc(C(F)(F)F)c2)C(=O)N(CCBr)C1c1ccc(C#N)cc1. The third kappa shape index (κ3) is 4.41. The zero-order chi connectivity index (χ0) is 23.6. The predicted octanol–water partition coefficient (Wildman–Crippen LogP) is 5.82. The smallest absolute Gasteiger partial charge is 0.312 e. The van der Waals surface area contributed by atoms with Crippen molar-refractivity contribution < 1.29 is 22.8 Å². The molecule has 1 atom stereocenters. The van der Waals surface area contributed by atoms with Gasteiger partial charge in [-0.1, -0.05) is 34.1 Å². The van der Waals surface area contributed by atoms with Crippen LogP contribution in [0.2, 0.25) is 0 Å². The summed E-state index contributed by atoms with van der Waals surface area (Å²) in [5.74, 6) is -0.305. The van der Waals surface area contributed by atoms with Gasteiger partial charge in [-0.2, -0.15) is 18.4 Å². The Morgan fingerprint density at radius 1 is 1.19 bits per heavy atom. The molecule has 3 rings (SSSR count). The minimum Gasteiger partial charge on any atom is -0.312 e. The van der Waals surface area contributed by atoms with Crippen LogP contribution in [0, 0.1) is 11.3 Å². The van der Waals surface area contributed by atoms with Crippen molar-refractivity contribution in [1.82, 2.24) is 4.90 Å². The number of ketones is 1. The molecule has 1 heterocycles. The van der Waals surface area contributed by atoms with Crippen molar-refractivity contribution in [1.29, 1.82) is 5.26 Å². The van der Waals surface area contributed by atoms with Crippen LogP contribution in [0.4, 0.5) is 23.7 Å². The first-order chi connectivity index (χ1) is 15.1. The summed E-state index contributed by atoms with van der Waals surface area (Å²) in [5, 5.41) is 9.46. The maximum absolute atomic E-state index is 13.5. The molecule has 0 aromatic heterocycles. The van der Waals surface area contributed by atoms with Crippen molar-refractivity contribution in [3.8, 4) is 6.07 Å². The molecule has 0 spiro atoms. The van der Waals surface area contributed by atoms with E-state index in [2.05, 4.69) is 15.9 Å². The number of halogens is 4. The van der Waals surface area contributed by atoms with Crippen molar-refractivity contribution in [3.63, 3.8) is 0 Å². The van der Waals surface area contributed by atoms with Gasteiger partial charge in [0.1, 0.15) is 0 Å². The fourth-order valence-electron chi connectivity index (χ4n) is 3.83. The van der Waals surface area contributed by atoms with Crippen molar-refractivity contribution >= 4 is 33.4 Å². The first-order valence-corrected chi connectivity index (χ1v) is 10.8. The van der Waals surface area contributed by atoms with Crippen LogP contribution in [0.25, 0.3) is 0 Å². The maximum atomic E-state index is 13.5. The molecule has 166 valence electrons. The second-order valence-corrected chi connectivity index (χ2v) is 8.03. The molecule has 0 fully saturated rings. The highest BCUT2D eigenvalue weighted by Crippen LogP contribution is 2.41. The van der Waals surface area contributed by atoms with Gasteiger partial charge >= 0.3 is 12.2 Å². The van der Waals surface area contributed by atoms with E-state index in [0.29, 0.717) is 22.0 Å². The van der Waals surface area contributed by atoms with Crippen LogP contribution in [0.1, 0.15) is 36.6 Å². The first-order valence-electron chi connectivity index (χ1n) is 9.66. The number of alkyl halides is 4. The number of urea groups is 1. The van der Waals surface area contributed by atoms with Gasteiger partial charge in [-0.25, -0.2) is 4.79 Å². The highest BCUT2D eigenvalue weighted by atomic mass is 79.9. The lowest BCUT2D eigenvalue weighted by molar-refractivity contribution is -0.137. The van der Waals surface area contributed by atoms with E-state index in [4.69, 9.17) is 5.26 Å². The molecule has 5 nitrogen and oxygen atoms in total. The fourth-order valence-corrected chi connectivity index (χ4v) is 4.21. The zero-order valence-electron chi connectivity index (χ0n) is 17.3. The Hall–Kier alpha value is -3.12. The molecule has 0 saturated carbocycles. The molecule has 1 aliphatic heterocycles. The lowest BCUT2D eigenvalue weighted by Gasteiger charge is -2.43. The lowest BCUT2D eigenvalue weighted by Crippen LogP contribution is -2.51. The molecular weight excluding hydrogens is 487 g/mol. The molecule has 1 unspecified atom stereocenters. The van der Waals surface area contributed by atoms with E-state index in [1.807, 2.05) is 6.07 Å². The Morgan fingerprint density at radius 2 is 1.84 bits per heavy atom. The molecule has 0 aliphatic carbocycles. The van der Waals surface area contributed by atoms with E-state index in [1.165, 1.54) is 24.0 Å². The summed E-state index contributed by atoms with van der Waals surface area (Å²) in [4.78, 5) is 28.8. The van der Waals surface area contributed by atoms with Crippen LogP contribution in [0.15, 0.2) is 59.8 Å². The summed E-state index contributed by atoms with van der Waals surface area (Å²) in [5.41, 5.74) is 0.764. The van der Waals surface area contributed by atoms with Crippen molar-refractivity contribution in [2.45, 2.75) is 26.1 Å². The number of rotatable bonds is 5. The van der Waals surface area contributed by atoms with E-state index >= 15 is 0 Å². The van der Waals surface area contributed by atoms with Crippen LogP contribution < -0.4 is 4.90 Å². The minimum atomic E-state index is -4.57. The van der Waals surface area contributed by atoms with Crippen LogP contribution in [0.3, 0.4) is 0 Å². The van der Waals surface area contributed by atoms with Crippen molar-refractivity contribution in [2.75, 3.05) is 16.8 Å². The van der Waals surface area contributed by atoms with Gasteiger partial charge in [-0.15, -0.1) is 0 Å². The molecule has 2 aromatic carbocycles. The topological polar surface area (TPSA) is 64.4 Å². The molecular formula is C23H19BrF3N3O2. The molecule has 32 heavy (non-hydrogen) atoms. The van der Waals surface area contributed by atoms with Crippen LogP contribution in [-0.4, -0.2) is 28.6 Å². The van der Waals surface area contributed by atoms with Gasteiger partial charge in [0.2, 0.25) is 0 Å². The average molecular weight is 506 g/mol. The normalized spacial score (nSPS) is 16.9. The van der Waals surface area contributed by atoms with E-state index in [1.54, 1.807) is 31.2 Å². The fraction of sp³-hybridized carbons (Fsp3) is 0.261. The van der Waals surface area contributed by atoms with E-state index in [0.717, 1.165) is 17.0 Å². The number of anilines is 1. The monoisotopic (exact) mass is 505 g/mol. The Morgan fingerprint density at radius 3 is 2.38 bits per heavy atom. The number of benzene rings is 2. The summed E-state index contributed by atoms with van der Waals surface area (Å²) < 4.78 is 39.8. The third-order valence-electron chi connectivity index (χ3n) is 5.24. The van der Waals surface area contributed by atoms with E-state index in [9.17, 15) is 22.8 Å². The predicted molar refractivity (Wildman–Crippen MR) is 117 cm³/mol. The van der Waals surface area contributed by atoms with Gasteiger partial charge in [0.15, 0.2) is 5.78 Å². The summed E-state index contributed by atoms with van der Waals surface area (Å²) in [6.45, 7) is 3.13. The zero-order valence-corrected chi connectivity index (χ0v) is 18.9. The van der Waals surface area contributed by atoms with Gasteiger partial charge in [-0.05, 0) is 49.7 Å². The van der Waals surface area contributed by atoms with Crippen LogP contribution in [0.5, 0.6) is 0 Å². The van der Waals surface area contributed by atoms with Crippen LogP contribution in [-0.2, 0) is 11.0 Å². The Labute approximate surface area is 191 Å². The molecule has 0 saturated heterocycles. The number of Topliss-reactive ketones (excluding diaryl/α,β-unsaturated/α-hetero) is 1. The van der Waals surface area contributed by atoms with Gasteiger partial charge in [-0.3, -0.25) is 9.69 Å². The number of nitriles is 1. The Kier molecular flexibility index (Phi) is 6.74. The molecule has 0 radical (unpaired) electrons. The minimum absolute atomic E-state index is 0.0268. The first kappa shape index (κ1) is 23.5. The number of carbonyl (C=O) groups excluding carboxylic acids is 2. The summed E-state index contributed by atoms with van der Waals surface area (Å²) >= 11 is 3.32. The number of amides is 2. The van der Waals surface area contributed by atoms with Gasteiger partial charge in [0, 0.05) is 23.1 Å². The molecule has 2 aromatic rings. The highest BCUT2D eigenvalue weighted by molar-refractivity contribution is 9.09. The number of nitrogens with zero attached hydrogens (tertiary/aromatic N) is 3. The number of allylic oxidation sites excluding steroid dienone is 1. The largest absolute Gasteiger partial charge is 0.416 e. The Balaban J connectivity index is 2.22. The Bertz CT molecular complexity index is 1120. The van der Waals surface area contributed by atoms with Gasteiger partial charge in [0.05, 0.1) is 28.9 Å². The summed E-state index contributed by atoms with van der Waals surface area (Å²) in [6.07, 6.45) is -4.57. The number of hydrogen-bond acceptors (Lipinski definition) is 3.